The van der Waals surface area contributed by atoms with Crippen molar-refractivity contribution in [1.82, 2.24) is 9.78 Å². The first-order valence-electron chi connectivity index (χ1n) is 6.25. The molecule has 2 N–H and O–H groups in total. The number of ether oxygens (including phenoxy) is 2. The van der Waals surface area contributed by atoms with Gasteiger partial charge in [-0.3, -0.25) is 9.48 Å². The number of benzene rings is 1. The molecule has 2 aromatic rings. The van der Waals surface area contributed by atoms with Gasteiger partial charge in [0.2, 0.25) is 0 Å². The van der Waals surface area contributed by atoms with Crippen molar-refractivity contribution in [3.63, 3.8) is 0 Å². The number of rotatable bonds is 5. The van der Waals surface area contributed by atoms with E-state index in [1.165, 1.54) is 4.68 Å². The lowest BCUT2D eigenvalue weighted by Gasteiger charge is -2.05. The van der Waals surface area contributed by atoms with Crippen molar-refractivity contribution in [1.29, 1.82) is 0 Å². The Labute approximate surface area is 117 Å². The number of methoxy groups -OCH3 is 1. The summed E-state index contributed by atoms with van der Waals surface area (Å²) in [6.45, 7) is 2.22. The summed E-state index contributed by atoms with van der Waals surface area (Å²) in [5.41, 5.74) is 8.17. The van der Waals surface area contributed by atoms with Crippen LogP contribution in [-0.4, -0.2) is 29.5 Å². The number of aromatic nitrogens is 2. The minimum atomic E-state index is -0.313. The molecule has 0 aliphatic carbocycles. The van der Waals surface area contributed by atoms with E-state index in [1.807, 2.05) is 12.1 Å². The van der Waals surface area contributed by atoms with Gasteiger partial charge in [-0.2, -0.15) is 5.10 Å². The number of esters is 1. The second-order valence-electron chi connectivity index (χ2n) is 4.23. The molecule has 106 valence electrons. The topological polar surface area (TPSA) is 79.4 Å². The van der Waals surface area contributed by atoms with Crippen LogP contribution in [0.3, 0.4) is 0 Å². The number of anilines is 1. The molecule has 1 aromatic heterocycles. The third-order valence-corrected chi connectivity index (χ3v) is 2.73. The summed E-state index contributed by atoms with van der Waals surface area (Å²) in [4.78, 5) is 11.4. The van der Waals surface area contributed by atoms with Gasteiger partial charge in [-0.1, -0.05) is 0 Å². The monoisotopic (exact) mass is 275 g/mol. The Kier molecular flexibility index (Phi) is 4.24. The normalized spacial score (nSPS) is 10.3. The van der Waals surface area contributed by atoms with E-state index in [1.54, 1.807) is 32.5 Å². The molecule has 1 heterocycles. The van der Waals surface area contributed by atoms with Crippen LogP contribution in [0, 0.1) is 0 Å². The quantitative estimate of drug-likeness (QED) is 0.663. The van der Waals surface area contributed by atoms with Crippen molar-refractivity contribution in [2.45, 2.75) is 13.5 Å². The van der Waals surface area contributed by atoms with Gasteiger partial charge >= 0.3 is 5.97 Å². The number of carbonyl (C=O) groups is 1. The minimum Gasteiger partial charge on any atom is -0.497 e. The number of nitrogens with zero attached hydrogens (tertiary/aromatic N) is 2. The van der Waals surface area contributed by atoms with Crippen molar-refractivity contribution in [3.05, 3.63) is 30.6 Å². The number of hydrogen-bond donors (Lipinski definition) is 1. The molecule has 20 heavy (non-hydrogen) atoms. The highest BCUT2D eigenvalue weighted by atomic mass is 16.5. The van der Waals surface area contributed by atoms with Gasteiger partial charge in [0.05, 0.1) is 19.9 Å². The van der Waals surface area contributed by atoms with Gasteiger partial charge in [-0.15, -0.1) is 0 Å². The van der Waals surface area contributed by atoms with Gasteiger partial charge in [0.15, 0.2) is 0 Å². The number of nitrogens with two attached hydrogens (primary N) is 1. The van der Waals surface area contributed by atoms with Crippen LogP contribution in [0.15, 0.2) is 30.6 Å². The van der Waals surface area contributed by atoms with Gasteiger partial charge in [0, 0.05) is 23.5 Å². The van der Waals surface area contributed by atoms with E-state index in [4.69, 9.17) is 15.2 Å². The van der Waals surface area contributed by atoms with E-state index in [0.29, 0.717) is 18.0 Å². The molecule has 1 aromatic carbocycles. The highest BCUT2D eigenvalue weighted by Gasteiger charge is 2.08. The molecule has 0 aliphatic rings. The molecule has 0 aliphatic heterocycles. The molecule has 0 bridgehead atoms. The molecular formula is C14H17N3O3. The number of hydrogen-bond acceptors (Lipinski definition) is 5. The first-order chi connectivity index (χ1) is 9.62. The first kappa shape index (κ1) is 13.9. The second-order valence-corrected chi connectivity index (χ2v) is 4.23. The zero-order valence-electron chi connectivity index (χ0n) is 11.5. The summed E-state index contributed by atoms with van der Waals surface area (Å²) in [7, 11) is 1.59. The summed E-state index contributed by atoms with van der Waals surface area (Å²) >= 11 is 0. The zero-order valence-corrected chi connectivity index (χ0v) is 11.5. The van der Waals surface area contributed by atoms with Crippen LogP contribution >= 0.6 is 0 Å². The maximum absolute atomic E-state index is 11.4. The maximum Gasteiger partial charge on any atom is 0.327 e. The van der Waals surface area contributed by atoms with Crippen LogP contribution in [0.5, 0.6) is 5.75 Å². The molecular weight excluding hydrogens is 258 g/mol. The molecule has 0 spiro atoms. The molecule has 0 amide bonds. The van der Waals surface area contributed by atoms with E-state index in [2.05, 4.69) is 5.10 Å². The predicted molar refractivity (Wildman–Crippen MR) is 75.3 cm³/mol. The smallest absolute Gasteiger partial charge is 0.327 e. The van der Waals surface area contributed by atoms with E-state index < -0.39 is 0 Å². The Balaban J connectivity index is 2.20. The fraction of sp³-hybridized carbons (Fsp3) is 0.286. The van der Waals surface area contributed by atoms with E-state index in [9.17, 15) is 4.79 Å². The summed E-state index contributed by atoms with van der Waals surface area (Å²) in [5.74, 6) is 0.366. The van der Waals surface area contributed by atoms with E-state index in [-0.39, 0.29) is 12.5 Å². The predicted octanol–water partition coefficient (Wildman–Crippen LogP) is 1.70. The van der Waals surface area contributed by atoms with Crippen LogP contribution in [0.25, 0.3) is 11.1 Å². The third kappa shape index (κ3) is 3.28. The Morgan fingerprint density at radius 2 is 2.15 bits per heavy atom. The summed E-state index contributed by atoms with van der Waals surface area (Å²) < 4.78 is 11.6. The van der Waals surface area contributed by atoms with Gasteiger partial charge in [0.25, 0.3) is 0 Å². The van der Waals surface area contributed by atoms with Crippen LogP contribution in [-0.2, 0) is 16.1 Å². The molecule has 0 radical (unpaired) electrons. The Morgan fingerprint density at radius 1 is 1.35 bits per heavy atom. The highest BCUT2D eigenvalue weighted by molar-refractivity contribution is 5.71. The maximum atomic E-state index is 11.4. The van der Waals surface area contributed by atoms with Crippen LogP contribution < -0.4 is 10.5 Å². The van der Waals surface area contributed by atoms with Crippen LogP contribution in [0.2, 0.25) is 0 Å². The van der Waals surface area contributed by atoms with Crippen LogP contribution in [0.4, 0.5) is 5.69 Å². The van der Waals surface area contributed by atoms with Crippen molar-refractivity contribution >= 4 is 11.7 Å². The van der Waals surface area contributed by atoms with Gasteiger partial charge in [0.1, 0.15) is 12.3 Å². The van der Waals surface area contributed by atoms with Crippen molar-refractivity contribution in [2.24, 2.45) is 0 Å². The summed E-state index contributed by atoms with van der Waals surface area (Å²) in [6, 6.07) is 5.43. The largest absolute Gasteiger partial charge is 0.497 e. The average Bonchev–Trinajstić information content (AvgIpc) is 2.86. The number of carbonyl (C=O) groups excluding carboxylic acids is 1. The molecule has 0 saturated carbocycles. The number of nitrogen functional groups attached to an aromatic ring is 1. The van der Waals surface area contributed by atoms with Gasteiger partial charge < -0.3 is 15.2 Å². The average molecular weight is 275 g/mol. The van der Waals surface area contributed by atoms with Gasteiger partial charge in [-0.05, 0) is 24.6 Å². The zero-order chi connectivity index (χ0) is 14.5. The lowest BCUT2D eigenvalue weighted by molar-refractivity contribution is -0.144. The lowest BCUT2D eigenvalue weighted by atomic mass is 10.1. The molecule has 0 atom stereocenters. The molecule has 2 rings (SSSR count). The Bertz CT molecular complexity index is 607. The Morgan fingerprint density at radius 3 is 2.85 bits per heavy atom. The molecule has 0 saturated heterocycles. The fourth-order valence-corrected chi connectivity index (χ4v) is 1.84. The lowest BCUT2D eigenvalue weighted by Crippen LogP contribution is -2.13. The molecule has 0 unspecified atom stereocenters. The fourth-order valence-electron chi connectivity index (χ4n) is 1.84. The van der Waals surface area contributed by atoms with Crippen molar-refractivity contribution < 1.29 is 14.3 Å². The summed E-state index contributed by atoms with van der Waals surface area (Å²) in [6.07, 6.45) is 3.44. The van der Waals surface area contributed by atoms with Crippen molar-refractivity contribution in [2.75, 3.05) is 19.5 Å². The first-order valence-corrected chi connectivity index (χ1v) is 6.25. The Hall–Kier alpha value is -2.50. The van der Waals surface area contributed by atoms with Gasteiger partial charge in [-0.25, -0.2) is 0 Å². The summed E-state index contributed by atoms with van der Waals surface area (Å²) in [5, 5.41) is 4.13. The van der Waals surface area contributed by atoms with Crippen molar-refractivity contribution in [3.8, 4) is 16.9 Å². The SMILES string of the molecule is CCOC(=O)Cn1cc(-c2cc(N)cc(OC)c2)cn1. The second kappa shape index (κ2) is 6.10. The van der Waals surface area contributed by atoms with E-state index >= 15 is 0 Å². The molecule has 6 nitrogen and oxygen atoms in total. The van der Waals surface area contributed by atoms with Crippen LogP contribution in [0.1, 0.15) is 6.92 Å². The minimum absolute atomic E-state index is 0.0906. The third-order valence-electron chi connectivity index (χ3n) is 2.73. The molecule has 6 heteroatoms. The standard InChI is InChI=1S/C14H17N3O3/c1-3-20-14(18)9-17-8-11(7-16-17)10-4-12(15)6-13(5-10)19-2/h4-8H,3,9,15H2,1-2H3. The molecule has 0 fully saturated rings. The highest BCUT2D eigenvalue weighted by Crippen LogP contribution is 2.26. The van der Waals surface area contributed by atoms with E-state index in [0.717, 1.165) is 11.1 Å².